The van der Waals surface area contributed by atoms with Gasteiger partial charge in [-0.05, 0) is 54.6 Å². The van der Waals surface area contributed by atoms with Crippen molar-refractivity contribution < 1.29 is 18.0 Å². The highest BCUT2D eigenvalue weighted by molar-refractivity contribution is 9.10. The first-order chi connectivity index (χ1) is 15.3. The van der Waals surface area contributed by atoms with Crippen LogP contribution in [0.5, 0.6) is 0 Å². The molecular formula is C21H20BrClN4O4S. The largest absolute Gasteiger partial charge is 0.335 e. The van der Waals surface area contributed by atoms with Gasteiger partial charge in [-0.1, -0.05) is 27.5 Å². The molecule has 0 atom stereocenters. The minimum atomic E-state index is -3.66. The van der Waals surface area contributed by atoms with Gasteiger partial charge in [0.05, 0.1) is 10.6 Å². The highest BCUT2D eigenvalue weighted by Crippen LogP contribution is 2.23. The fraction of sp³-hybridized carbons (Fsp3) is 0.238. The van der Waals surface area contributed by atoms with E-state index in [0.29, 0.717) is 16.4 Å². The van der Waals surface area contributed by atoms with E-state index in [-0.39, 0.29) is 49.3 Å². The number of nitrogens with zero attached hydrogens (tertiary/aromatic N) is 3. The van der Waals surface area contributed by atoms with Crippen molar-refractivity contribution in [3.63, 3.8) is 0 Å². The van der Waals surface area contributed by atoms with Crippen LogP contribution >= 0.6 is 27.5 Å². The molecule has 0 aliphatic carbocycles. The molecule has 0 radical (unpaired) electrons. The van der Waals surface area contributed by atoms with E-state index in [1.54, 1.807) is 23.1 Å². The molecule has 0 bridgehead atoms. The first-order valence-corrected chi connectivity index (χ1v) is 12.5. The summed E-state index contributed by atoms with van der Waals surface area (Å²) in [4.78, 5) is 27.1. The Balaban J connectivity index is 1.41. The van der Waals surface area contributed by atoms with Crippen molar-refractivity contribution in [2.75, 3.05) is 31.2 Å². The van der Waals surface area contributed by atoms with Crippen LogP contribution in [-0.4, -0.2) is 55.6 Å². The summed E-state index contributed by atoms with van der Waals surface area (Å²) in [5, 5.41) is 1.81. The zero-order chi connectivity index (χ0) is 22.9. The van der Waals surface area contributed by atoms with Gasteiger partial charge in [0.2, 0.25) is 15.9 Å². The number of benzene rings is 2. The molecule has 0 aromatic heterocycles. The summed E-state index contributed by atoms with van der Waals surface area (Å²) in [6, 6.07) is 13.2. The van der Waals surface area contributed by atoms with Crippen LogP contribution in [0.15, 0.2) is 69.7 Å². The lowest BCUT2D eigenvalue weighted by atomic mass is 10.2. The molecule has 32 heavy (non-hydrogen) atoms. The van der Waals surface area contributed by atoms with E-state index in [1.165, 1.54) is 33.6 Å². The molecule has 2 aliphatic heterocycles. The van der Waals surface area contributed by atoms with Gasteiger partial charge in [0.15, 0.2) is 0 Å². The van der Waals surface area contributed by atoms with Gasteiger partial charge in [-0.2, -0.15) is 4.31 Å². The number of hydrazine groups is 1. The number of carbonyl (C=O) groups is 2. The lowest BCUT2D eigenvalue weighted by molar-refractivity contribution is -0.129. The zero-order valence-electron chi connectivity index (χ0n) is 16.9. The maximum absolute atomic E-state index is 13.0. The minimum Gasteiger partial charge on any atom is -0.335 e. The van der Waals surface area contributed by atoms with Crippen LogP contribution < -0.4 is 10.4 Å². The van der Waals surface area contributed by atoms with Gasteiger partial charge in [0, 0.05) is 42.1 Å². The summed E-state index contributed by atoms with van der Waals surface area (Å²) in [6.45, 7) is 0.854. The van der Waals surface area contributed by atoms with Crippen molar-refractivity contribution in [1.82, 2.24) is 14.6 Å². The average Bonchev–Trinajstić information content (AvgIpc) is 2.80. The van der Waals surface area contributed by atoms with Gasteiger partial charge in [-0.3, -0.25) is 15.0 Å². The standard InChI is InChI=1S/C21H20BrClN4O4S/c22-15-1-5-17(6-2-15)27-20(28)10-9-19(24-27)21(29)25-11-13-26(14-12-25)32(30,31)18-7-3-16(23)4-8-18/h1-9,24H,10-14H2. The lowest BCUT2D eigenvalue weighted by Gasteiger charge is -2.36. The molecule has 1 fully saturated rings. The third-order valence-electron chi connectivity index (χ3n) is 5.25. The third kappa shape index (κ3) is 4.68. The number of halogens is 2. The number of amides is 2. The van der Waals surface area contributed by atoms with Gasteiger partial charge < -0.3 is 4.90 Å². The van der Waals surface area contributed by atoms with Gasteiger partial charge in [-0.25, -0.2) is 13.4 Å². The molecule has 0 saturated carbocycles. The molecule has 168 valence electrons. The van der Waals surface area contributed by atoms with E-state index >= 15 is 0 Å². The third-order valence-corrected chi connectivity index (χ3v) is 7.95. The molecule has 11 heteroatoms. The number of rotatable bonds is 4. The van der Waals surface area contributed by atoms with Crippen molar-refractivity contribution in [3.05, 3.63) is 69.8 Å². The molecular weight excluding hydrogens is 520 g/mol. The molecule has 1 saturated heterocycles. The normalized spacial score (nSPS) is 17.7. The maximum atomic E-state index is 13.0. The highest BCUT2D eigenvalue weighted by atomic mass is 79.9. The summed E-state index contributed by atoms with van der Waals surface area (Å²) < 4.78 is 27.9. The molecule has 2 aliphatic rings. The topological polar surface area (TPSA) is 90.0 Å². The first kappa shape index (κ1) is 22.8. The highest BCUT2D eigenvalue weighted by Gasteiger charge is 2.32. The van der Waals surface area contributed by atoms with Crippen LogP contribution in [-0.2, 0) is 19.6 Å². The summed E-state index contributed by atoms with van der Waals surface area (Å²) in [5.74, 6) is -0.453. The number of piperazine rings is 1. The van der Waals surface area contributed by atoms with E-state index in [9.17, 15) is 18.0 Å². The van der Waals surface area contributed by atoms with Crippen LogP contribution in [0.2, 0.25) is 5.02 Å². The van der Waals surface area contributed by atoms with E-state index < -0.39 is 10.0 Å². The van der Waals surface area contributed by atoms with Crippen molar-refractivity contribution in [2.24, 2.45) is 0 Å². The van der Waals surface area contributed by atoms with E-state index in [1.807, 2.05) is 12.1 Å². The maximum Gasteiger partial charge on any atom is 0.271 e. The molecule has 0 spiro atoms. The lowest BCUT2D eigenvalue weighted by Crippen LogP contribution is -2.54. The molecule has 4 rings (SSSR count). The summed E-state index contributed by atoms with van der Waals surface area (Å²) >= 11 is 9.21. The van der Waals surface area contributed by atoms with E-state index in [0.717, 1.165) is 4.47 Å². The fourth-order valence-corrected chi connectivity index (χ4v) is 5.31. The molecule has 2 heterocycles. The smallest absolute Gasteiger partial charge is 0.271 e. The number of hydrogen-bond donors (Lipinski definition) is 1. The Morgan fingerprint density at radius 1 is 0.969 bits per heavy atom. The van der Waals surface area contributed by atoms with Crippen molar-refractivity contribution in [3.8, 4) is 0 Å². The number of sulfonamides is 1. The fourth-order valence-electron chi connectivity index (χ4n) is 3.50. The Hall–Kier alpha value is -2.40. The van der Waals surface area contributed by atoms with Gasteiger partial charge >= 0.3 is 0 Å². The van der Waals surface area contributed by atoms with Crippen molar-refractivity contribution in [1.29, 1.82) is 0 Å². The quantitative estimate of drug-likeness (QED) is 0.645. The van der Waals surface area contributed by atoms with Gasteiger partial charge in [-0.15, -0.1) is 0 Å². The van der Waals surface area contributed by atoms with Crippen LogP contribution in [0.25, 0.3) is 0 Å². The van der Waals surface area contributed by atoms with Crippen molar-refractivity contribution in [2.45, 2.75) is 11.3 Å². The monoisotopic (exact) mass is 538 g/mol. The second-order valence-electron chi connectivity index (χ2n) is 7.29. The molecule has 2 amide bonds. The SMILES string of the molecule is O=C(C1=CCC(=O)N(c2ccc(Br)cc2)N1)N1CCN(S(=O)(=O)c2ccc(Cl)cc2)CC1. The average molecular weight is 540 g/mol. The summed E-state index contributed by atoms with van der Waals surface area (Å²) in [5.41, 5.74) is 3.82. The van der Waals surface area contributed by atoms with Crippen molar-refractivity contribution >= 4 is 55.1 Å². The van der Waals surface area contributed by atoms with Crippen LogP contribution in [0.3, 0.4) is 0 Å². The Morgan fingerprint density at radius 2 is 1.59 bits per heavy atom. The Bertz CT molecular complexity index is 1160. The first-order valence-electron chi connectivity index (χ1n) is 9.86. The molecule has 2 aromatic rings. The number of anilines is 1. The van der Waals surface area contributed by atoms with Crippen LogP contribution in [0.4, 0.5) is 5.69 Å². The zero-order valence-corrected chi connectivity index (χ0v) is 20.0. The molecule has 1 N–H and O–H groups in total. The Kier molecular flexibility index (Phi) is 6.57. The second-order valence-corrected chi connectivity index (χ2v) is 10.6. The molecule has 8 nitrogen and oxygen atoms in total. The van der Waals surface area contributed by atoms with E-state index in [2.05, 4.69) is 21.4 Å². The number of hydrogen-bond acceptors (Lipinski definition) is 5. The van der Waals surface area contributed by atoms with Crippen LogP contribution in [0.1, 0.15) is 6.42 Å². The van der Waals surface area contributed by atoms with Gasteiger partial charge in [0.25, 0.3) is 5.91 Å². The Labute approximate surface area is 199 Å². The summed E-state index contributed by atoms with van der Waals surface area (Å²) in [7, 11) is -3.66. The summed E-state index contributed by atoms with van der Waals surface area (Å²) in [6.07, 6.45) is 1.66. The predicted octanol–water partition coefficient (Wildman–Crippen LogP) is 2.76. The number of carbonyl (C=O) groups excluding carboxylic acids is 2. The van der Waals surface area contributed by atoms with E-state index in [4.69, 9.17) is 11.6 Å². The minimum absolute atomic E-state index is 0.0923. The Morgan fingerprint density at radius 3 is 2.22 bits per heavy atom. The number of nitrogens with one attached hydrogen (secondary N) is 1. The second kappa shape index (κ2) is 9.22. The molecule has 2 aromatic carbocycles. The van der Waals surface area contributed by atoms with Crippen LogP contribution in [0, 0.1) is 0 Å². The predicted molar refractivity (Wildman–Crippen MR) is 124 cm³/mol. The molecule has 0 unspecified atom stereocenters. The van der Waals surface area contributed by atoms with Gasteiger partial charge in [0.1, 0.15) is 5.70 Å².